The van der Waals surface area contributed by atoms with Crippen LogP contribution in [-0.4, -0.2) is 22.6 Å². The first-order valence-corrected chi connectivity index (χ1v) is 9.68. The monoisotopic (exact) mass is 341 g/mol. The first-order chi connectivity index (χ1) is 11.8. The number of hydrogen-bond donors (Lipinski definition) is 2. The lowest BCUT2D eigenvalue weighted by molar-refractivity contribution is 0.341. The fourth-order valence-corrected chi connectivity index (χ4v) is 4.24. The molecule has 2 heterocycles. The van der Waals surface area contributed by atoms with E-state index in [0.717, 1.165) is 33.0 Å². The smallest absolute Gasteiger partial charge is 0.183 e. The summed E-state index contributed by atoms with van der Waals surface area (Å²) in [4.78, 5) is 8.15. The number of thiazole rings is 1. The minimum atomic E-state index is 0.588. The summed E-state index contributed by atoms with van der Waals surface area (Å²) in [7, 11) is 0. The maximum absolute atomic E-state index is 5.64. The van der Waals surface area contributed by atoms with Crippen LogP contribution < -0.4 is 10.1 Å². The second-order valence-electron chi connectivity index (χ2n) is 6.36. The number of benzene rings is 1. The molecule has 0 bridgehead atoms. The number of nitrogens with zero attached hydrogens (tertiary/aromatic N) is 1. The van der Waals surface area contributed by atoms with Crippen LogP contribution in [0.15, 0.2) is 29.8 Å². The molecular formula is C19H23N3OS. The molecule has 126 valence electrons. The molecule has 2 N–H and O–H groups in total. The van der Waals surface area contributed by atoms with Crippen molar-refractivity contribution in [2.75, 3.05) is 11.9 Å². The second-order valence-corrected chi connectivity index (χ2v) is 7.22. The highest BCUT2D eigenvalue weighted by Crippen LogP contribution is 2.33. The van der Waals surface area contributed by atoms with Gasteiger partial charge in [0.1, 0.15) is 5.75 Å². The van der Waals surface area contributed by atoms with E-state index in [9.17, 15) is 0 Å². The Bertz CT molecular complexity index is 817. The average Bonchev–Trinajstić information content (AvgIpc) is 3.22. The Morgan fingerprint density at radius 3 is 3.00 bits per heavy atom. The quantitative estimate of drug-likeness (QED) is 0.650. The Kier molecular flexibility index (Phi) is 4.43. The van der Waals surface area contributed by atoms with E-state index in [2.05, 4.69) is 27.8 Å². The van der Waals surface area contributed by atoms with Gasteiger partial charge in [-0.2, -0.15) is 0 Å². The predicted octanol–water partition coefficient (Wildman–Crippen LogP) is 5.43. The van der Waals surface area contributed by atoms with Crippen molar-refractivity contribution in [3.05, 3.63) is 29.8 Å². The number of fused-ring (bicyclic) bond motifs is 1. The SMILES string of the molecule is CCOc1ccc2[nH]cc(-c3csc(NC4CCCCC4)n3)c2c1. The summed E-state index contributed by atoms with van der Waals surface area (Å²) < 4.78 is 5.64. The van der Waals surface area contributed by atoms with E-state index in [1.54, 1.807) is 11.3 Å². The molecule has 0 radical (unpaired) electrons. The first-order valence-electron chi connectivity index (χ1n) is 8.80. The second kappa shape index (κ2) is 6.85. The van der Waals surface area contributed by atoms with Gasteiger partial charge in [0.05, 0.1) is 12.3 Å². The lowest BCUT2D eigenvalue weighted by Crippen LogP contribution is -2.21. The number of aromatic amines is 1. The van der Waals surface area contributed by atoms with Crippen LogP contribution in [0.25, 0.3) is 22.2 Å². The van der Waals surface area contributed by atoms with Crippen LogP contribution in [0.5, 0.6) is 5.75 Å². The van der Waals surface area contributed by atoms with Crippen LogP contribution in [0, 0.1) is 0 Å². The van der Waals surface area contributed by atoms with Crippen LogP contribution >= 0.6 is 11.3 Å². The Balaban J connectivity index is 1.59. The summed E-state index contributed by atoms with van der Waals surface area (Å²) in [5.41, 5.74) is 3.28. The van der Waals surface area contributed by atoms with Gasteiger partial charge < -0.3 is 15.0 Å². The third-order valence-corrected chi connectivity index (χ3v) is 5.45. The zero-order valence-electron chi connectivity index (χ0n) is 14.0. The fourth-order valence-electron chi connectivity index (χ4n) is 3.45. The largest absolute Gasteiger partial charge is 0.494 e. The molecule has 5 heteroatoms. The van der Waals surface area contributed by atoms with E-state index in [1.807, 2.05) is 19.2 Å². The zero-order valence-corrected chi connectivity index (χ0v) is 14.8. The fraction of sp³-hybridized carbons (Fsp3) is 0.421. The van der Waals surface area contributed by atoms with Gasteiger partial charge in [-0.1, -0.05) is 19.3 Å². The summed E-state index contributed by atoms with van der Waals surface area (Å²) in [6, 6.07) is 6.75. The average molecular weight is 341 g/mol. The Morgan fingerprint density at radius 2 is 2.17 bits per heavy atom. The number of nitrogens with one attached hydrogen (secondary N) is 2. The Hall–Kier alpha value is -2.01. The molecule has 0 unspecified atom stereocenters. The Morgan fingerprint density at radius 1 is 1.29 bits per heavy atom. The van der Waals surface area contributed by atoms with Gasteiger partial charge in [0.2, 0.25) is 0 Å². The minimum absolute atomic E-state index is 0.588. The van der Waals surface area contributed by atoms with E-state index < -0.39 is 0 Å². The molecule has 0 amide bonds. The standard InChI is InChI=1S/C19H23N3OS/c1-2-23-14-8-9-17-15(10-14)16(11-20-17)18-12-24-19(22-18)21-13-6-4-3-5-7-13/h8-13,20H,2-7H2,1H3,(H,21,22). The molecule has 1 aliphatic carbocycles. The van der Waals surface area contributed by atoms with Gasteiger partial charge in [-0.05, 0) is 38.0 Å². The minimum Gasteiger partial charge on any atom is -0.494 e. The topological polar surface area (TPSA) is 49.9 Å². The van der Waals surface area contributed by atoms with Gasteiger partial charge in [-0.15, -0.1) is 11.3 Å². The molecule has 1 fully saturated rings. The van der Waals surface area contributed by atoms with Gasteiger partial charge in [-0.25, -0.2) is 4.98 Å². The van der Waals surface area contributed by atoms with Crippen molar-refractivity contribution in [2.45, 2.75) is 45.1 Å². The zero-order chi connectivity index (χ0) is 16.4. The van der Waals surface area contributed by atoms with E-state index in [1.165, 1.54) is 32.1 Å². The number of H-pyrrole nitrogens is 1. The number of ether oxygens (including phenoxy) is 1. The highest BCUT2D eigenvalue weighted by molar-refractivity contribution is 7.14. The predicted molar refractivity (Wildman–Crippen MR) is 101 cm³/mol. The summed E-state index contributed by atoms with van der Waals surface area (Å²) in [6.07, 6.45) is 8.61. The van der Waals surface area contributed by atoms with Gasteiger partial charge in [0, 0.05) is 34.1 Å². The highest BCUT2D eigenvalue weighted by atomic mass is 32.1. The molecule has 1 aliphatic rings. The van der Waals surface area contributed by atoms with E-state index in [0.29, 0.717) is 12.6 Å². The summed E-state index contributed by atoms with van der Waals surface area (Å²) >= 11 is 1.70. The number of rotatable bonds is 5. The van der Waals surface area contributed by atoms with E-state index in [-0.39, 0.29) is 0 Å². The van der Waals surface area contributed by atoms with Gasteiger partial charge >= 0.3 is 0 Å². The maximum Gasteiger partial charge on any atom is 0.183 e. The number of anilines is 1. The Labute approximate surface area is 146 Å². The molecule has 4 rings (SSSR count). The number of hydrogen-bond acceptors (Lipinski definition) is 4. The molecular weight excluding hydrogens is 318 g/mol. The molecule has 0 saturated heterocycles. The molecule has 24 heavy (non-hydrogen) atoms. The highest BCUT2D eigenvalue weighted by Gasteiger charge is 2.16. The van der Waals surface area contributed by atoms with Crippen molar-refractivity contribution >= 4 is 27.4 Å². The van der Waals surface area contributed by atoms with Crippen molar-refractivity contribution in [2.24, 2.45) is 0 Å². The van der Waals surface area contributed by atoms with Crippen LogP contribution in [0.1, 0.15) is 39.0 Å². The van der Waals surface area contributed by atoms with Crippen molar-refractivity contribution in [1.82, 2.24) is 9.97 Å². The number of aromatic nitrogens is 2. The molecule has 0 atom stereocenters. The molecule has 3 aromatic rings. The lowest BCUT2D eigenvalue weighted by Gasteiger charge is -2.22. The molecule has 1 saturated carbocycles. The normalized spacial score (nSPS) is 15.7. The maximum atomic E-state index is 5.64. The van der Waals surface area contributed by atoms with Crippen molar-refractivity contribution in [3.63, 3.8) is 0 Å². The molecule has 0 spiro atoms. The van der Waals surface area contributed by atoms with Crippen LogP contribution in [0.4, 0.5) is 5.13 Å². The van der Waals surface area contributed by atoms with Gasteiger partial charge in [-0.3, -0.25) is 0 Å². The van der Waals surface area contributed by atoms with Gasteiger partial charge in [0.15, 0.2) is 5.13 Å². The van der Waals surface area contributed by atoms with Crippen molar-refractivity contribution in [1.29, 1.82) is 0 Å². The molecule has 4 nitrogen and oxygen atoms in total. The van der Waals surface area contributed by atoms with Crippen LogP contribution in [0.3, 0.4) is 0 Å². The third-order valence-electron chi connectivity index (χ3n) is 4.68. The molecule has 1 aromatic carbocycles. The molecule has 2 aromatic heterocycles. The van der Waals surface area contributed by atoms with Crippen molar-refractivity contribution < 1.29 is 4.74 Å². The molecule has 0 aliphatic heterocycles. The summed E-state index contributed by atoms with van der Waals surface area (Å²) in [6.45, 7) is 2.68. The third kappa shape index (κ3) is 3.13. The lowest BCUT2D eigenvalue weighted by atomic mass is 9.96. The first kappa shape index (κ1) is 15.5. The summed E-state index contributed by atoms with van der Waals surface area (Å²) in [5.74, 6) is 0.904. The van der Waals surface area contributed by atoms with Crippen LogP contribution in [0.2, 0.25) is 0 Å². The van der Waals surface area contributed by atoms with Crippen molar-refractivity contribution in [3.8, 4) is 17.0 Å². The van der Waals surface area contributed by atoms with E-state index in [4.69, 9.17) is 9.72 Å². The van der Waals surface area contributed by atoms with Gasteiger partial charge in [0.25, 0.3) is 0 Å². The van der Waals surface area contributed by atoms with Crippen LogP contribution in [-0.2, 0) is 0 Å². The summed E-state index contributed by atoms with van der Waals surface area (Å²) in [5, 5.41) is 7.95. The van der Waals surface area contributed by atoms with E-state index >= 15 is 0 Å².